The Kier molecular flexibility index (Phi) is 9.60. The first-order valence-electron chi connectivity index (χ1n) is 13.4. The Bertz CT molecular complexity index is 1090. The van der Waals surface area contributed by atoms with E-state index in [4.69, 9.17) is 23.5 Å². The molecule has 0 spiro atoms. The number of carbonyl (C=O) groups excluding carboxylic acids is 1. The van der Waals surface area contributed by atoms with Gasteiger partial charge in [-0.05, 0) is 12.5 Å². The molecule has 236 valence electrons. The highest BCUT2D eigenvalue weighted by atomic mass is 32.1. The zero-order valence-electron chi connectivity index (χ0n) is 22.7. The number of alkyl halides is 3. The van der Waals surface area contributed by atoms with Crippen molar-refractivity contribution >= 4 is 26.8 Å². The minimum atomic E-state index is -4.55. The number of epoxide rings is 2. The molecule has 4 fully saturated rings. The zero-order valence-corrected chi connectivity index (χ0v) is 24.5. The summed E-state index contributed by atoms with van der Waals surface area (Å²) in [4.78, 5) is 44.3. The van der Waals surface area contributed by atoms with Gasteiger partial charge in [0, 0.05) is 32.5 Å². The number of ether oxygens (including phenoxy) is 4. The van der Waals surface area contributed by atoms with E-state index >= 15 is 0 Å². The lowest BCUT2D eigenvalue weighted by Gasteiger charge is -2.46. The van der Waals surface area contributed by atoms with Gasteiger partial charge in [0.2, 0.25) is 0 Å². The maximum Gasteiger partial charge on any atom is 0.567 e. The lowest BCUT2D eigenvalue weighted by Crippen LogP contribution is -2.66. The molecule has 1 aromatic carbocycles. The number of rotatable bonds is 12. The molecule has 4 aliphatic heterocycles. The molecule has 1 aromatic rings. The van der Waals surface area contributed by atoms with E-state index in [2.05, 4.69) is 23.3 Å². The number of nitrogens with zero attached hydrogens (tertiary/aromatic N) is 2. The van der Waals surface area contributed by atoms with E-state index in [0.29, 0.717) is 0 Å². The Hall–Kier alpha value is -1.34. The molecule has 10 atom stereocenters. The second kappa shape index (κ2) is 12.6. The molecule has 0 aliphatic carbocycles. The van der Waals surface area contributed by atoms with Crippen LogP contribution in [0.15, 0.2) is 30.3 Å². The van der Waals surface area contributed by atoms with Crippen molar-refractivity contribution < 1.29 is 56.1 Å². The van der Waals surface area contributed by atoms with E-state index in [0.717, 1.165) is 5.56 Å². The number of amides is 2. The summed E-state index contributed by atoms with van der Waals surface area (Å²) in [6.45, 7) is 1.41. The number of carbonyl (C=O) groups is 1. The van der Waals surface area contributed by atoms with Gasteiger partial charge in [0.05, 0.1) is 17.7 Å². The predicted molar refractivity (Wildman–Crippen MR) is 143 cm³/mol. The summed E-state index contributed by atoms with van der Waals surface area (Å²) in [5.41, 5.74) is 0.422. The predicted octanol–water partition coefficient (Wildman–Crippen LogP) is 1.31. The molecule has 4 heterocycles. The average molecular weight is 644 g/mol. The number of benzene rings is 1. The zero-order chi connectivity index (χ0) is 30.4. The van der Waals surface area contributed by atoms with Crippen LogP contribution in [-0.4, -0.2) is 112 Å². The minimum Gasteiger partial charge on any atom is -0.362 e. The summed E-state index contributed by atoms with van der Waals surface area (Å²) >= 11 is 4.24. The van der Waals surface area contributed by atoms with Crippen LogP contribution in [0.1, 0.15) is 25.0 Å². The third-order valence-electron chi connectivity index (χ3n) is 7.50. The van der Waals surface area contributed by atoms with E-state index in [1.807, 2.05) is 30.3 Å². The summed E-state index contributed by atoms with van der Waals surface area (Å²) in [5.74, 6) is -0.431. The molecule has 5 N–H and O–H groups in total. The maximum absolute atomic E-state index is 13.6. The fraction of sp³-hybridized carbons (Fsp3) is 0.708. The Morgan fingerprint density at radius 2 is 1.88 bits per heavy atom. The van der Waals surface area contributed by atoms with Gasteiger partial charge in [-0.2, -0.15) is 32.4 Å². The van der Waals surface area contributed by atoms with Crippen LogP contribution in [0.5, 0.6) is 0 Å². The minimum absolute atomic E-state index is 0.0746. The van der Waals surface area contributed by atoms with Crippen molar-refractivity contribution in [3.05, 3.63) is 35.9 Å². The molecule has 42 heavy (non-hydrogen) atoms. The number of thiol groups is 1. The van der Waals surface area contributed by atoms with Gasteiger partial charge in [-0.15, -0.1) is 12.6 Å². The van der Waals surface area contributed by atoms with Crippen LogP contribution in [-0.2, 0) is 23.5 Å². The van der Waals surface area contributed by atoms with Crippen molar-refractivity contribution in [3.8, 4) is 0 Å². The highest BCUT2D eigenvalue weighted by Gasteiger charge is 2.58. The molecule has 0 aromatic heterocycles. The van der Waals surface area contributed by atoms with Crippen LogP contribution in [0, 0.1) is 5.92 Å². The number of urea groups is 1. The highest BCUT2D eigenvalue weighted by Crippen LogP contribution is 2.46. The number of nitrogens with one attached hydrogen (secondary N) is 2. The molecular weight excluding hydrogens is 608 g/mol. The summed E-state index contributed by atoms with van der Waals surface area (Å²) in [6.07, 6.45) is -11.0. The van der Waals surface area contributed by atoms with Crippen molar-refractivity contribution in [2.24, 2.45) is 5.92 Å². The first-order valence-corrected chi connectivity index (χ1v) is 15.5. The van der Waals surface area contributed by atoms with Gasteiger partial charge in [-0.1, -0.05) is 30.3 Å². The lowest BCUT2D eigenvalue weighted by molar-refractivity contribution is -0.146. The van der Waals surface area contributed by atoms with Crippen LogP contribution < -0.4 is 10.6 Å². The van der Waals surface area contributed by atoms with Gasteiger partial charge in [-0.25, -0.2) is 4.79 Å². The van der Waals surface area contributed by atoms with Crippen LogP contribution in [0.4, 0.5) is 18.0 Å². The van der Waals surface area contributed by atoms with Gasteiger partial charge in [0.1, 0.15) is 37.5 Å². The maximum atomic E-state index is 13.6. The molecule has 10 unspecified atom stereocenters. The summed E-state index contributed by atoms with van der Waals surface area (Å²) in [7, 11) is -2.97. The highest BCUT2D eigenvalue weighted by molar-refractivity contribution is 7.80. The first-order chi connectivity index (χ1) is 19.7. The molecule has 4 saturated heterocycles. The lowest BCUT2D eigenvalue weighted by atomic mass is 10.00. The molecule has 0 bridgehead atoms. The Morgan fingerprint density at radius 3 is 2.50 bits per heavy atom. The smallest absolute Gasteiger partial charge is 0.362 e. The normalized spacial score (nSPS) is 35.9. The first kappa shape index (κ1) is 32.1. The molecule has 13 nitrogen and oxygen atoms in total. The van der Waals surface area contributed by atoms with E-state index in [9.17, 15) is 32.6 Å². The van der Waals surface area contributed by atoms with Crippen LogP contribution >= 0.6 is 20.8 Å². The Labute approximate surface area is 246 Å². The molecule has 18 heteroatoms. The largest absolute Gasteiger partial charge is 0.567 e. The number of halogens is 3. The molecule has 0 radical (unpaired) electrons. The molecule has 5 rings (SSSR count). The molecule has 4 aliphatic rings. The molecular formula is C24H35F3N4O9PS+. The SMILES string of the molecule is CC(S)OC1CC(N2CC(CNC3OC3C(F)(F)F)C(NC3OC3c3ccccc3)N(C)C2=O)OC1CO[P+](O)(O)O. The third-order valence-corrected chi connectivity index (χ3v) is 8.12. The molecule has 2 amide bonds. The second-order valence-corrected chi connectivity index (χ2v) is 12.7. The number of hydrogen-bond donors (Lipinski definition) is 6. The third kappa shape index (κ3) is 7.83. The second-order valence-electron chi connectivity index (χ2n) is 10.7. The van der Waals surface area contributed by atoms with Crippen molar-refractivity contribution in [2.75, 3.05) is 26.7 Å². The van der Waals surface area contributed by atoms with E-state index < -0.39 is 81.5 Å². The van der Waals surface area contributed by atoms with Gasteiger partial charge in [0.15, 0.2) is 6.10 Å². The van der Waals surface area contributed by atoms with E-state index in [-0.39, 0.29) is 25.6 Å². The Morgan fingerprint density at radius 1 is 1.17 bits per heavy atom. The topological polar surface area (TPSA) is 161 Å². The van der Waals surface area contributed by atoms with Gasteiger partial charge in [0.25, 0.3) is 0 Å². The van der Waals surface area contributed by atoms with Crippen molar-refractivity contribution in [3.63, 3.8) is 0 Å². The average Bonchev–Trinajstić information content (AvgIpc) is 3.82. The monoisotopic (exact) mass is 643 g/mol. The van der Waals surface area contributed by atoms with Crippen molar-refractivity contribution in [2.45, 2.75) is 74.2 Å². The van der Waals surface area contributed by atoms with Crippen LogP contribution in [0.2, 0.25) is 0 Å². The van der Waals surface area contributed by atoms with Crippen molar-refractivity contribution in [1.29, 1.82) is 0 Å². The standard InChI is InChI=1S/C24H34F3N4O9PS/c1-12(42)37-15-8-17(38-16(15)11-36-41(33,34)35)31-10-14(9-28-22-19(40-22)24(25,26)27)20(30(2)23(31)32)29-21-18(39-21)13-6-4-3-5-7-13/h3-7,12,14-22,28-29,33-35H,8-11H2,1-2H3/p+1. The summed E-state index contributed by atoms with van der Waals surface area (Å²) in [6, 6.07) is 9.09. The van der Waals surface area contributed by atoms with E-state index in [1.54, 1.807) is 14.0 Å². The molecule has 0 saturated carbocycles. The fourth-order valence-corrected chi connectivity index (χ4v) is 5.94. The summed E-state index contributed by atoms with van der Waals surface area (Å²) < 4.78 is 66.3. The van der Waals surface area contributed by atoms with Crippen LogP contribution in [0.25, 0.3) is 0 Å². The quantitative estimate of drug-likeness (QED) is 0.0844. The summed E-state index contributed by atoms with van der Waals surface area (Å²) in [5, 5.41) is 6.14. The van der Waals surface area contributed by atoms with E-state index in [1.165, 1.54) is 9.80 Å². The van der Waals surface area contributed by atoms with Crippen LogP contribution in [0.3, 0.4) is 0 Å². The van der Waals surface area contributed by atoms with Gasteiger partial charge < -0.3 is 23.8 Å². The van der Waals surface area contributed by atoms with Gasteiger partial charge in [-0.3, -0.25) is 15.5 Å². The van der Waals surface area contributed by atoms with Gasteiger partial charge >= 0.3 is 20.4 Å². The Balaban J connectivity index is 1.29. The van der Waals surface area contributed by atoms with Crippen molar-refractivity contribution in [1.82, 2.24) is 20.4 Å². The number of hydrogen-bond acceptors (Lipinski definition) is 12. The fourth-order valence-electron chi connectivity index (χ4n) is 5.43.